The summed E-state index contributed by atoms with van der Waals surface area (Å²) in [5, 5.41) is 1.80. The third kappa shape index (κ3) is 5.36. The van der Waals surface area contributed by atoms with Crippen LogP contribution in [0.3, 0.4) is 0 Å². The molecule has 0 radical (unpaired) electrons. The molecule has 34 heavy (non-hydrogen) atoms. The summed E-state index contributed by atoms with van der Waals surface area (Å²) < 4.78 is 118. The Balaban J connectivity index is 2.26. The topological polar surface area (TPSA) is 0 Å². The van der Waals surface area contributed by atoms with E-state index in [4.69, 9.17) is 0 Å². The molecular weight excluding hydrogens is 554 g/mol. The van der Waals surface area contributed by atoms with E-state index in [9.17, 15) is 39.5 Å². The van der Waals surface area contributed by atoms with Crippen molar-refractivity contribution >= 4 is 39.6 Å². The van der Waals surface area contributed by atoms with Gasteiger partial charge in [0.05, 0.1) is 0 Å². The zero-order chi connectivity index (χ0) is 25.4. The molecule has 0 saturated carbocycles. The van der Waals surface area contributed by atoms with Crippen LogP contribution < -0.4 is 15.6 Å². The summed E-state index contributed by atoms with van der Waals surface area (Å²) in [7, 11) is -3.29. The van der Waals surface area contributed by atoms with E-state index in [1.165, 1.54) is 36.4 Å². The summed E-state index contributed by atoms with van der Waals surface area (Å²) >= 11 is 2.31. The monoisotopic (exact) mass is 572 g/mol. The summed E-state index contributed by atoms with van der Waals surface area (Å²) in [6.45, 7) is 0. The van der Waals surface area contributed by atoms with Gasteiger partial charge in [0.15, 0.2) is 0 Å². The predicted molar refractivity (Wildman–Crippen MR) is 116 cm³/mol. The van der Waals surface area contributed by atoms with Gasteiger partial charge in [0, 0.05) is 0 Å². The molecular formula is C23H17F9SeSi. The third-order valence-electron chi connectivity index (χ3n) is 5.60. The van der Waals surface area contributed by atoms with Gasteiger partial charge in [0.2, 0.25) is 0 Å². The van der Waals surface area contributed by atoms with E-state index in [1.54, 1.807) is 0 Å². The molecule has 0 amide bonds. The van der Waals surface area contributed by atoms with Crippen LogP contribution in [-0.2, 0) is 18.5 Å². The number of hydrogen-bond acceptors (Lipinski definition) is 0. The maximum atomic E-state index is 13.1. The molecule has 0 heterocycles. The number of hydrogen-bond donors (Lipinski definition) is 0. The van der Waals surface area contributed by atoms with E-state index in [-0.39, 0.29) is 0 Å². The molecule has 0 N–H and O–H groups in total. The van der Waals surface area contributed by atoms with Gasteiger partial charge < -0.3 is 0 Å². The Kier molecular flexibility index (Phi) is 7.31. The molecule has 0 aliphatic rings. The van der Waals surface area contributed by atoms with Gasteiger partial charge in [0.25, 0.3) is 0 Å². The summed E-state index contributed by atoms with van der Waals surface area (Å²) in [4.78, 5) is 0. The first-order chi connectivity index (χ1) is 15.7. The first-order valence-corrected chi connectivity index (χ1v) is 13.4. The van der Waals surface area contributed by atoms with E-state index >= 15 is 0 Å². The van der Waals surface area contributed by atoms with Crippen LogP contribution in [0.5, 0.6) is 0 Å². The fourth-order valence-corrected chi connectivity index (χ4v) is 10.5. The first kappa shape index (κ1) is 26.4. The molecule has 3 aromatic rings. The van der Waals surface area contributed by atoms with E-state index in [0.29, 0.717) is 26.9 Å². The van der Waals surface area contributed by atoms with Crippen molar-refractivity contribution in [3.05, 3.63) is 89.5 Å². The molecule has 0 aliphatic carbocycles. The fourth-order valence-electron chi connectivity index (χ4n) is 3.93. The number of rotatable bonds is 5. The van der Waals surface area contributed by atoms with E-state index in [2.05, 4.69) is 16.0 Å². The minimum absolute atomic E-state index is 0.342. The minimum atomic E-state index is -4.59. The van der Waals surface area contributed by atoms with Gasteiger partial charge in [-0.25, -0.2) is 0 Å². The molecule has 0 nitrogen and oxygen atoms in total. The predicted octanol–water partition coefficient (Wildman–Crippen LogP) is 5.53. The number of benzene rings is 3. The van der Waals surface area contributed by atoms with Crippen LogP contribution in [0.25, 0.3) is 0 Å². The summed E-state index contributed by atoms with van der Waals surface area (Å²) in [6, 6.07) is 13.3. The molecule has 0 aromatic heterocycles. The van der Waals surface area contributed by atoms with Crippen LogP contribution in [0.1, 0.15) is 16.7 Å². The normalized spacial score (nSPS) is 13.2. The van der Waals surface area contributed by atoms with E-state index < -0.39 is 43.3 Å². The maximum absolute atomic E-state index is 13.1. The Bertz CT molecular complexity index is 959. The van der Waals surface area contributed by atoms with Crippen LogP contribution in [0, 0.1) is 0 Å². The Morgan fingerprint density at radius 3 is 0.882 bits per heavy atom. The van der Waals surface area contributed by atoms with Crippen molar-refractivity contribution in [2.24, 2.45) is 0 Å². The quantitative estimate of drug-likeness (QED) is 0.215. The first-order valence-electron chi connectivity index (χ1n) is 9.83. The summed E-state index contributed by atoms with van der Waals surface area (Å²) in [5.41, 5.74) is -2.69. The Morgan fingerprint density at radius 2 is 0.706 bits per heavy atom. The average molecular weight is 571 g/mol. The van der Waals surface area contributed by atoms with Crippen molar-refractivity contribution in [3.63, 3.8) is 0 Å². The molecule has 0 bridgehead atoms. The van der Waals surface area contributed by atoms with Gasteiger partial charge in [-0.1, -0.05) is 0 Å². The molecule has 0 spiro atoms. The second-order valence-electron chi connectivity index (χ2n) is 7.60. The molecule has 0 fully saturated rings. The average Bonchev–Trinajstić information content (AvgIpc) is 2.76. The van der Waals surface area contributed by atoms with Gasteiger partial charge >= 0.3 is 199 Å². The molecule has 11 heteroatoms. The molecule has 3 aromatic carbocycles. The Morgan fingerprint density at radius 1 is 0.471 bits per heavy atom. The van der Waals surface area contributed by atoms with Crippen molar-refractivity contribution in [1.82, 2.24) is 0 Å². The van der Waals surface area contributed by atoms with Crippen molar-refractivity contribution in [2.45, 2.75) is 29.9 Å². The molecule has 0 aliphatic heterocycles. The van der Waals surface area contributed by atoms with Gasteiger partial charge in [-0.2, -0.15) is 0 Å². The number of halogens is 9. The van der Waals surface area contributed by atoms with Crippen molar-refractivity contribution in [1.29, 1.82) is 0 Å². The SMILES string of the molecule is FC(F)(F)c1ccc([Si](CC[SeH])(c2ccc(C(F)(F)F)cc2)c2ccc(C(F)(F)F)cc2)cc1. The van der Waals surface area contributed by atoms with Gasteiger partial charge in [0.1, 0.15) is 0 Å². The standard InChI is InChI=1S/C23H17F9SeSi/c24-21(25,26)15-1-7-18(8-2-15)34(14-13-33,19-9-3-16(4-10-19)22(27,28)29)20-11-5-17(6-12-20)23(30,31)32/h1-12,33H,13-14H2. The fraction of sp³-hybridized carbons (Fsp3) is 0.217. The summed E-state index contributed by atoms with van der Waals surface area (Å²) in [6.07, 6.45) is -13.8. The van der Waals surface area contributed by atoms with Gasteiger partial charge in [-0.15, -0.1) is 0 Å². The van der Waals surface area contributed by atoms with Crippen LogP contribution in [-0.4, -0.2) is 24.1 Å². The second-order valence-corrected chi connectivity index (χ2v) is 12.6. The molecule has 0 unspecified atom stereocenters. The zero-order valence-electron chi connectivity index (χ0n) is 17.2. The molecule has 0 atom stereocenters. The Hall–Kier alpha value is -2.23. The van der Waals surface area contributed by atoms with Crippen LogP contribution >= 0.6 is 0 Å². The van der Waals surface area contributed by atoms with Crippen LogP contribution in [0.2, 0.25) is 11.4 Å². The molecule has 3 rings (SSSR count). The van der Waals surface area contributed by atoms with Crippen molar-refractivity contribution < 1.29 is 39.5 Å². The summed E-state index contributed by atoms with van der Waals surface area (Å²) in [5.74, 6) is 0. The van der Waals surface area contributed by atoms with Gasteiger partial charge in [-0.3, -0.25) is 0 Å². The van der Waals surface area contributed by atoms with Crippen molar-refractivity contribution in [3.8, 4) is 0 Å². The molecule has 182 valence electrons. The van der Waals surface area contributed by atoms with E-state index in [0.717, 1.165) is 36.4 Å². The van der Waals surface area contributed by atoms with Crippen LogP contribution in [0.15, 0.2) is 72.8 Å². The van der Waals surface area contributed by atoms with Gasteiger partial charge in [-0.05, 0) is 0 Å². The Labute approximate surface area is 198 Å². The van der Waals surface area contributed by atoms with Crippen LogP contribution in [0.4, 0.5) is 39.5 Å². The number of alkyl halides is 9. The third-order valence-corrected chi connectivity index (χ3v) is 11.9. The second kappa shape index (κ2) is 9.43. The zero-order valence-corrected chi connectivity index (χ0v) is 20.1. The van der Waals surface area contributed by atoms with E-state index in [1.807, 2.05) is 0 Å². The molecule has 0 saturated heterocycles. The van der Waals surface area contributed by atoms with Crippen molar-refractivity contribution in [2.75, 3.05) is 0 Å².